The molecule has 2 rings (SSSR count). The molecule has 34 heavy (non-hydrogen) atoms. The number of urea groups is 1. The Labute approximate surface area is 208 Å². The van der Waals surface area contributed by atoms with Gasteiger partial charge in [0.2, 0.25) is 10.0 Å². The molecular weight excluding hydrogens is 446 g/mol. The Hall–Kier alpha value is -1.76. The molecular formula is C27H47N3O3S. The van der Waals surface area contributed by atoms with Crippen LogP contribution >= 0.6 is 0 Å². The highest BCUT2D eigenvalue weighted by Gasteiger charge is 2.20. The molecule has 0 aromatic heterocycles. The third-order valence-electron chi connectivity index (χ3n) is 6.69. The average Bonchev–Trinajstić information content (AvgIpc) is 2.79. The number of fused-ring (bicyclic) bond motifs is 1. The van der Waals surface area contributed by atoms with E-state index in [1.807, 2.05) is 13.0 Å². The molecule has 2 N–H and O–H groups in total. The van der Waals surface area contributed by atoms with Crippen LogP contribution in [0.25, 0.3) is 0 Å². The van der Waals surface area contributed by atoms with Crippen molar-refractivity contribution in [1.29, 1.82) is 0 Å². The number of sulfonamides is 1. The molecule has 1 aromatic rings. The number of benzene rings is 1. The molecule has 0 saturated heterocycles. The molecule has 7 heteroatoms. The molecule has 1 aromatic carbocycles. The maximum atomic E-state index is 12.4. The van der Waals surface area contributed by atoms with Gasteiger partial charge in [-0.25, -0.2) is 17.9 Å². The number of hydrogen-bond donors (Lipinski definition) is 2. The van der Waals surface area contributed by atoms with Crippen LogP contribution in [0.1, 0.15) is 108 Å². The third kappa shape index (κ3) is 10.2. The number of aryl methyl sites for hydroxylation is 2. The molecule has 1 aliphatic rings. The summed E-state index contributed by atoms with van der Waals surface area (Å²) in [5.41, 5.74) is 4.10. The van der Waals surface area contributed by atoms with Crippen molar-refractivity contribution < 1.29 is 13.2 Å². The second-order valence-corrected chi connectivity index (χ2v) is 11.6. The Morgan fingerprint density at radius 3 is 2.18 bits per heavy atom. The minimum Gasteiger partial charge on any atom is -0.371 e. The number of unbranched alkanes of at least 4 members (excludes halogenated alkanes) is 10. The van der Waals surface area contributed by atoms with Crippen LogP contribution in [0.4, 0.5) is 16.2 Å². The van der Waals surface area contributed by atoms with Crippen LogP contribution in [0.15, 0.2) is 12.1 Å². The summed E-state index contributed by atoms with van der Waals surface area (Å²) in [7, 11) is -3.63. The second-order valence-electron chi connectivity index (χ2n) is 9.80. The van der Waals surface area contributed by atoms with Gasteiger partial charge in [-0.2, -0.15) is 0 Å². The number of amides is 2. The van der Waals surface area contributed by atoms with Crippen LogP contribution in [0, 0.1) is 6.92 Å². The quantitative estimate of drug-likeness (QED) is 0.245. The SMILES string of the molecule is CCCCCCCCCCCCS(=O)(=O)NC(=O)Nc1cc2c(cc1C)N(CCCC)CCC2. The van der Waals surface area contributed by atoms with Crippen molar-refractivity contribution in [3.63, 3.8) is 0 Å². The van der Waals surface area contributed by atoms with Gasteiger partial charge in [0.05, 0.1) is 5.75 Å². The number of rotatable bonds is 16. The lowest BCUT2D eigenvalue weighted by molar-refractivity contribution is 0.256. The lowest BCUT2D eigenvalue weighted by Crippen LogP contribution is -2.36. The van der Waals surface area contributed by atoms with Crippen LogP contribution < -0.4 is 14.9 Å². The van der Waals surface area contributed by atoms with Crippen molar-refractivity contribution in [1.82, 2.24) is 4.72 Å². The Kier molecular flexibility index (Phi) is 12.8. The Morgan fingerprint density at radius 1 is 0.912 bits per heavy atom. The van der Waals surface area contributed by atoms with Gasteiger partial charge in [0.25, 0.3) is 0 Å². The Bertz CT molecular complexity index is 855. The van der Waals surface area contributed by atoms with Gasteiger partial charge in [-0.3, -0.25) is 0 Å². The first-order valence-electron chi connectivity index (χ1n) is 13.6. The van der Waals surface area contributed by atoms with E-state index in [1.54, 1.807) is 0 Å². The maximum Gasteiger partial charge on any atom is 0.332 e. The molecule has 0 aliphatic carbocycles. The number of anilines is 2. The van der Waals surface area contributed by atoms with Crippen LogP contribution in [-0.4, -0.2) is 33.3 Å². The summed E-state index contributed by atoms with van der Waals surface area (Å²) in [6.07, 6.45) is 15.8. The number of carbonyl (C=O) groups is 1. The molecule has 1 aliphatic heterocycles. The zero-order valence-electron chi connectivity index (χ0n) is 21.8. The number of nitrogens with one attached hydrogen (secondary N) is 2. The maximum absolute atomic E-state index is 12.4. The van der Waals surface area contributed by atoms with Gasteiger partial charge in [0.15, 0.2) is 0 Å². The van der Waals surface area contributed by atoms with Gasteiger partial charge in [0, 0.05) is 24.5 Å². The lowest BCUT2D eigenvalue weighted by Gasteiger charge is -2.32. The van der Waals surface area contributed by atoms with E-state index < -0.39 is 16.1 Å². The predicted molar refractivity (Wildman–Crippen MR) is 144 cm³/mol. The monoisotopic (exact) mass is 493 g/mol. The van der Waals surface area contributed by atoms with Crippen LogP contribution in [0.3, 0.4) is 0 Å². The summed E-state index contributed by atoms with van der Waals surface area (Å²) in [6.45, 7) is 8.50. The van der Waals surface area contributed by atoms with E-state index in [9.17, 15) is 13.2 Å². The van der Waals surface area contributed by atoms with Gasteiger partial charge in [0.1, 0.15) is 0 Å². The normalized spacial score (nSPS) is 13.6. The third-order valence-corrected chi connectivity index (χ3v) is 8.01. The van der Waals surface area contributed by atoms with Crippen molar-refractivity contribution in [2.75, 3.05) is 29.1 Å². The minimum absolute atomic E-state index is 0.00746. The highest BCUT2D eigenvalue weighted by atomic mass is 32.2. The smallest absolute Gasteiger partial charge is 0.332 e. The standard InChI is InChI=1S/C27H47N3O3S/c1-4-6-8-9-10-11-12-13-14-15-20-34(32,33)29-27(31)28-25-22-24-17-16-19-30(18-7-5-2)26(24)21-23(25)3/h21-22H,4-20H2,1-3H3,(H2,28,29,31). The molecule has 0 atom stereocenters. The summed E-state index contributed by atoms with van der Waals surface area (Å²) in [4.78, 5) is 14.9. The highest BCUT2D eigenvalue weighted by molar-refractivity contribution is 7.90. The van der Waals surface area contributed by atoms with E-state index in [0.29, 0.717) is 12.1 Å². The first-order chi connectivity index (χ1) is 16.4. The van der Waals surface area contributed by atoms with Gasteiger partial charge < -0.3 is 10.2 Å². The summed E-state index contributed by atoms with van der Waals surface area (Å²) in [5.74, 6) is -0.00746. The zero-order chi connectivity index (χ0) is 24.8. The average molecular weight is 494 g/mol. The fourth-order valence-corrected chi connectivity index (χ4v) is 5.67. The molecule has 1 heterocycles. The van der Waals surface area contributed by atoms with E-state index in [2.05, 4.69) is 34.9 Å². The molecule has 6 nitrogen and oxygen atoms in total. The summed E-state index contributed by atoms with van der Waals surface area (Å²) >= 11 is 0. The molecule has 0 saturated carbocycles. The lowest BCUT2D eigenvalue weighted by atomic mass is 9.98. The Morgan fingerprint density at radius 2 is 1.53 bits per heavy atom. The van der Waals surface area contributed by atoms with Gasteiger partial charge in [-0.1, -0.05) is 78.1 Å². The zero-order valence-corrected chi connectivity index (χ0v) is 22.6. The number of carbonyl (C=O) groups excluding carboxylic acids is 1. The summed E-state index contributed by atoms with van der Waals surface area (Å²) in [5, 5.41) is 2.77. The van der Waals surface area contributed by atoms with E-state index >= 15 is 0 Å². The fraction of sp³-hybridized carbons (Fsp3) is 0.741. The topological polar surface area (TPSA) is 78.5 Å². The molecule has 0 unspecified atom stereocenters. The number of nitrogens with zero attached hydrogens (tertiary/aromatic N) is 1. The van der Waals surface area contributed by atoms with Gasteiger partial charge in [-0.05, 0) is 55.9 Å². The van der Waals surface area contributed by atoms with Crippen LogP contribution in [0.5, 0.6) is 0 Å². The first kappa shape index (κ1) is 28.5. The van der Waals surface area contributed by atoms with Gasteiger partial charge >= 0.3 is 6.03 Å². The first-order valence-corrected chi connectivity index (χ1v) is 15.2. The van der Waals surface area contributed by atoms with Crippen molar-refractivity contribution >= 4 is 27.4 Å². The van der Waals surface area contributed by atoms with E-state index in [4.69, 9.17) is 0 Å². The van der Waals surface area contributed by atoms with Crippen molar-refractivity contribution in [3.05, 3.63) is 23.3 Å². The largest absolute Gasteiger partial charge is 0.371 e. The van der Waals surface area contributed by atoms with E-state index in [0.717, 1.165) is 63.6 Å². The summed E-state index contributed by atoms with van der Waals surface area (Å²) in [6, 6.07) is 3.46. The second kappa shape index (κ2) is 15.3. The minimum atomic E-state index is -3.63. The summed E-state index contributed by atoms with van der Waals surface area (Å²) < 4.78 is 26.9. The fourth-order valence-electron chi connectivity index (χ4n) is 4.65. The van der Waals surface area contributed by atoms with Crippen molar-refractivity contribution in [2.45, 2.75) is 111 Å². The number of hydrogen-bond acceptors (Lipinski definition) is 4. The molecule has 0 spiro atoms. The molecule has 0 radical (unpaired) electrons. The highest BCUT2D eigenvalue weighted by Crippen LogP contribution is 2.32. The molecule has 0 fully saturated rings. The Balaban J connectivity index is 1.75. The van der Waals surface area contributed by atoms with Crippen molar-refractivity contribution in [3.8, 4) is 0 Å². The van der Waals surface area contributed by atoms with Crippen molar-refractivity contribution in [2.24, 2.45) is 0 Å². The van der Waals surface area contributed by atoms with Gasteiger partial charge in [-0.15, -0.1) is 0 Å². The van der Waals surface area contributed by atoms with E-state index in [1.165, 1.54) is 49.8 Å². The molecule has 2 amide bonds. The van der Waals surface area contributed by atoms with Crippen LogP contribution in [-0.2, 0) is 16.4 Å². The molecule has 194 valence electrons. The van der Waals surface area contributed by atoms with Crippen LogP contribution in [0.2, 0.25) is 0 Å². The molecule has 0 bridgehead atoms. The van der Waals surface area contributed by atoms with E-state index in [-0.39, 0.29) is 5.75 Å². The predicted octanol–water partition coefficient (Wildman–Crippen LogP) is 6.92.